The molecule has 2 heterocycles. The predicted octanol–water partition coefficient (Wildman–Crippen LogP) is 3.83. The van der Waals surface area contributed by atoms with E-state index >= 15 is 0 Å². The fourth-order valence-corrected chi connectivity index (χ4v) is 3.94. The third-order valence-corrected chi connectivity index (χ3v) is 5.72. The van der Waals surface area contributed by atoms with Crippen molar-refractivity contribution >= 4 is 17.4 Å². The number of carbonyl (C=O) groups is 1. The summed E-state index contributed by atoms with van der Waals surface area (Å²) in [5, 5.41) is 19.1. The molecule has 0 radical (unpaired) electrons. The highest BCUT2D eigenvalue weighted by Crippen LogP contribution is 2.36. The summed E-state index contributed by atoms with van der Waals surface area (Å²) in [6.45, 7) is 0.388. The number of pyridine rings is 1. The summed E-state index contributed by atoms with van der Waals surface area (Å²) in [6, 6.07) is 14.8. The van der Waals surface area contributed by atoms with Crippen LogP contribution in [0.4, 0.5) is 29.3 Å². The zero-order valence-electron chi connectivity index (χ0n) is 18.0. The van der Waals surface area contributed by atoms with E-state index < -0.39 is 30.5 Å². The molecule has 7 nitrogen and oxygen atoms in total. The molecule has 4 N–H and O–H groups in total. The molecule has 0 bridgehead atoms. The van der Waals surface area contributed by atoms with Gasteiger partial charge in [-0.1, -0.05) is 12.1 Å². The Morgan fingerprint density at radius 1 is 1.09 bits per heavy atom. The molecule has 0 saturated carbocycles. The summed E-state index contributed by atoms with van der Waals surface area (Å²) in [6.07, 6.45) is -5.54. The number of aliphatic hydroxyl groups is 2. The maximum absolute atomic E-state index is 13.0. The van der Waals surface area contributed by atoms with Gasteiger partial charge in [0.1, 0.15) is 6.10 Å². The lowest BCUT2D eigenvalue weighted by atomic mass is 10.0. The Morgan fingerprint density at radius 3 is 2.47 bits per heavy atom. The van der Waals surface area contributed by atoms with Gasteiger partial charge in [0.25, 0.3) is 0 Å². The lowest BCUT2D eigenvalue weighted by Crippen LogP contribution is -2.37. The molecule has 34 heavy (non-hydrogen) atoms. The maximum atomic E-state index is 13.0. The first-order chi connectivity index (χ1) is 16.2. The first kappa shape index (κ1) is 23.5. The number of benzene rings is 2. The number of nitrogens with two attached hydrogens (primary N) is 1. The number of aliphatic hydroxyl groups excluding tert-OH is 2. The number of carbonyl (C=O) groups excluding carboxylic acids is 1. The molecule has 0 spiro atoms. The van der Waals surface area contributed by atoms with E-state index in [1.54, 1.807) is 18.2 Å². The number of fused-ring (bicyclic) bond motifs is 1. The van der Waals surface area contributed by atoms with Crippen LogP contribution in [0.15, 0.2) is 60.7 Å². The minimum Gasteiger partial charge on any atom is -0.393 e. The van der Waals surface area contributed by atoms with E-state index in [1.165, 1.54) is 17.0 Å². The summed E-state index contributed by atoms with van der Waals surface area (Å²) >= 11 is 0. The van der Waals surface area contributed by atoms with Crippen LogP contribution in [0.25, 0.3) is 11.3 Å². The molecule has 4 rings (SSSR count). The van der Waals surface area contributed by atoms with Gasteiger partial charge in [-0.05, 0) is 54.1 Å². The third-order valence-electron chi connectivity index (χ3n) is 5.72. The predicted molar refractivity (Wildman–Crippen MR) is 120 cm³/mol. The van der Waals surface area contributed by atoms with E-state index in [0.717, 1.165) is 23.4 Å². The van der Waals surface area contributed by atoms with Crippen molar-refractivity contribution in [2.24, 2.45) is 5.73 Å². The standard InChI is InChI=1S/C24H23F3N4O3/c25-24(26,27)17-5-7-18(8-6-17)31-11-10-30(23(28)34)13-16-12-15(4-9-21(16)31)19-2-1-3-20(29-19)22(33)14-32/h1-9,12,22,32-33H,10-11,13-14H2,(H2,28,34). The molecule has 1 aromatic heterocycles. The van der Waals surface area contributed by atoms with Crippen LogP contribution in [0, 0.1) is 0 Å². The number of anilines is 2. The van der Waals surface area contributed by atoms with Crippen molar-refractivity contribution in [2.75, 3.05) is 24.6 Å². The van der Waals surface area contributed by atoms with Crippen LogP contribution in [0.1, 0.15) is 22.9 Å². The van der Waals surface area contributed by atoms with Gasteiger partial charge in [0.05, 0.1) is 23.6 Å². The molecular weight excluding hydrogens is 449 g/mol. The molecule has 0 aliphatic carbocycles. The van der Waals surface area contributed by atoms with Crippen LogP contribution in [-0.4, -0.2) is 45.8 Å². The van der Waals surface area contributed by atoms with Crippen molar-refractivity contribution in [1.82, 2.24) is 9.88 Å². The lowest BCUT2D eigenvalue weighted by molar-refractivity contribution is -0.137. The molecule has 3 aromatic rings. The highest BCUT2D eigenvalue weighted by atomic mass is 19.4. The second kappa shape index (κ2) is 9.32. The van der Waals surface area contributed by atoms with Gasteiger partial charge in [-0.3, -0.25) is 0 Å². The summed E-state index contributed by atoms with van der Waals surface area (Å²) in [7, 11) is 0. The number of nitrogens with zero attached hydrogens (tertiary/aromatic N) is 3. The van der Waals surface area contributed by atoms with Gasteiger partial charge in [-0.15, -0.1) is 0 Å². The quantitative estimate of drug-likeness (QED) is 0.536. The SMILES string of the molecule is NC(=O)N1CCN(c2ccc(C(F)(F)F)cc2)c2ccc(-c3cccc(C(O)CO)n3)cc2C1. The van der Waals surface area contributed by atoms with Crippen LogP contribution >= 0.6 is 0 Å². The fourth-order valence-electron chi connectivity index (χ4n) is 3.94. The van der Waals surface area contributed by atoms with E-state index in [1.807, 2.05) is 23.1 Å². The zero-order chi connectivity index (χ0) is 24.5. The first-order valence-electron chi connectivity index (χ1n) is 10.6. The Kier molecular flexibility index (Phi) is 6.45. The summed E-state index contributed by atoms with van der Waals surface area (Å²) in [5.74, 6) is 0. The van der Waals surface area contributed by atoms with Gasteiger partial charge in [0, 0.05) is 36.6 Å². The van der Waals surface area contributed by atoms with Gasteiger partial charge in [0.2, 0.25) is 0 Å². The average molecular weight is 472 g/mol. The minimum absolute atomic E-state index is 0.217. The number of aromatic nitrogens is 1. The lowest BCUT2D eigenvalue weighted by Gasteiger charge is -2.25. The molecule has 1 atom stereocenters. The Hall–Kier alpha value is -3.63. The molecule has 1 aliphatic rings. The Balaban J connectivity index is 1.75. The van der Waals surface area contributed by atoms with E-state index in [-0.39, 0.29) is 13.1 Å². The summed E-state index contributed by atoms with van der Waals surface area (Å²) in [5.41, 5.74) is 8.42. The fraction of sp³-hybridized carbons (Fsp3) is 0.250. The monoisotopic (exact) mass is 472 g/mol. The van der Waals surface area contributed by atoms with E-state index in [0.29, 0.717) is 29.2 Å². The Morgan fingerprint density at radius 2 is 1.82 bits per heavy atom. The number of alkyl halides is 3. The number of primary amides is 1. The van der Waals surface area contributed by atoms with Gasteiger partial charge >= 0.3 is 12.2 Å². The minimum atomic E-state index is -4.43. The second-order valence-corrected chi connectivity index (χ2v) is 7.95. The molecule has 0 fully saturated rings. The topological polar surface area (TPSA) is 103 Å². The van der Waals surface area contributed by atoms with Crippen molar-refractivity contribution in [2.45, 2.75) is 18.8 Å². The van der Waals surface area contributed by atoms with E-state index in [9.17, 15) is 28.2 Å². The molecule has 2 amide bonds. The third kappa shape index (κ3) is 4.82. The summed E-state index contributed by atoms with van der Waals surface area (Å²) < 4.78 is 39.0. The van der Waals surface area contributed by atoms with Crippen molar-refractivity contribution in [1.29, 1.82) is 0 Å². The zero-order valence-corrected chi connectivity index (χ0v) is 18.0. The van der Waals surface area contributed by atoms with Crippen LogP contribution in [0.5, 0.6) is 0 Å². The first-order valence-corrected chi connectivity index (χ1v) is 10.6. The summed E-state index contributed by atoms with van der Waals surface area (Å²) in [4.78, 5) is 19.7. The average Bonchev–Trinajstić information content (AvgIpc) is 3.02. The van der Waals surface area contributed by atoms with Crippen molar-refractivity contribution in [3.8, 4) is 11.3 Å². The molecule has 0 saturated heterocycles. The largest absolute Gasteiger partial charge is 0.416 e. The van der Waals surface area contributed by atoms with Crippen molar-refractivity contribution in [3.63, 3.8) is 0 Å². The maximum Gasteiger partial charge on any atom is 0.416 e. The number of halogens is 3. The van der Waals surface area contributed by atoms with Crippen molar-refractivity contribution in [3.05, 3.63) is 77.5 Å². The molecular formula is C24H23F3N4O3. The molecule has 10 heteroatoms. The number of amides is 2. The number of hydrogen-bond acceptors (Lipinski definition) is 5. The smallest absolute Gasteiger partial charge is 0.393 e. The highest BCUT2D eigenvalue weighted by Gasteiger charge is 2.30. The Labute approximate surface area is 193 Å². The van der Waals surface area contributed by atoms with Crippen LogP contribution < -0.4 is 10.6 Å². The molecule has 2 aromatic carbocycles. The second-order valence-electron chi connectivity index (χ2n) is 7.95. The van der Waals surface area contributed by atoms with Gasteiger partial charge < -0.3 is 25.7 Å². The van der Waals surface area contributed by atoms with Gasteiger partial charge in [0.15, 0.2) is 0 Å². The van der Waals surface area contributed by atoms with Gasteiger partial charge in [-0.25, -0.2) is 9.78 Å². The molecule has 1 unspecified atom stereocenters. The van der Waals surface area contributed by atoms with Crippen molar-refractivity contribution < 1.29 is 28.2 Å². The number of hydrogen-bond donors (Lipinski definition) is 3. The molecule has 1 aliphatic heterocycles. The molecule has 178 valence electrons. The van der Waals surface area contributed by atoms with Gasteiger partial charge in [-0.2, -0.15) is 13.2 Å². The van der Waals surface area contributed by atoms with Crippen LogP contribution in [0.3, 0.4) is 0 Å². The van der Waals surface area contributed by atoms with Crippen LogP contribution in [0.2, 0.25) is 0 Å². The number of rotatable bonds is 4. The van der Waals surface area contributed by atoms with E-state index in [2.05, 4.69) is 4.98 Å². The highest BCUT2D eigenvalue weighted by molar-refractivity contribution is 5.76. The Bertz CT molecular complexity index is 1180. The van der Waals surface area contributed by atoms with Crippen LogP contribution in [-0.2, 0) is 12.7 Å². The number of urea groups is 1. The normalized spacial score (nSPS) is 15.0. The van der Waals surface area contributed by atoms with E-state index in [4.69, 9.17) is 5.73 Å².